The standard InChI is InChI=1S/C16H19N3O3/c1-2-22-16(21)17-9-8-14-10-15(20)19(18-11-14)12-13-6-4-3-5-7-13/h3-7,10-11H,2,8-9,12H2,1H3,(H,17,21). The second kappa shape index (κ2) is 7.97. The molecule has 0 aliphatic heterocycles. The Morgan fingerprint density at radius 3 is 2.73 bits per heavy atom. The minimum atomic E-state index is -0.451. The van der Waals surface area contributed by atoms with E-state index in [4.69, 9.17) is 4.74 Å². The number of hydrogen-bond acceptors (Lipinski definition) is 4. The van der Waals surface area contributed by atoms with Crippen LogP contribution in [0.5, 0.6) is 0 Å². The average molecular weight is 301 g/mol. The smallest absolute Gasteiger partial charge is 0.407 e. The number of rotatable bonds is 6. The van der Waals surface area contributed by atoms with E-state index in [2.05, 4.69) is 10.4 Å². The molecular weight excluding hydrogens is 282 g/mol. The molecule has 1 N–H and O–H groups in total. The number of ether oxygens (including phenoxy) is 1. The zero-order valence-corrected chi connectivity index (χ0v) is 12.5. The fourth-order valence-corrected chi connectivity index (χ4v) is 1.97. The van der Waals surface area contributed by atoms with Crippen molar-refractivity contribution in [1.82, 2.24) is 15.1 Å². The van der Waals surface area contributed by atoms with Crippen LogP contribution in [0.2, 0.25) is 0 Å². The monoisotopic (exact) mass is 301 g/mol. The van der Waals surface area contributed by atoms with Crippen LogP contribution in [0.1, 0.15) is 18.1 Å². The van der Waals surface area contributed by atoms with E-state index in [9.17, 15) is 9.59 Å². The van der Waals surface area contributed by atoms with Gasteiger partial charge in [0.15, 0.2) is 0 Å². The Kier molecular flexibility index (Phi) is 5.71. The molecule has 1 aromatic carbocycles. The molecule has 2 rings (SSSR count). The highest BCUT2D eigenvalue weighted by Crippen LogP contribution is 2.00. The summed E-state index contributed by atoms with van der Waals surface area (Å²) in [6, 6.07) is 11.2. The van der Waals surface area contributed by atoms with Gasteiger partial charge in [-0.25, -0.2) is 9.48 Å². The van der Waals surface area contributed by atoms with Crippen molar-refractivity contribution in [3.63, 3.8) is 0 Å². The Balaban J connectivity index is 1.92. The molecule has 1 heterocycles. The van der Waals surface area contributed by atoms with Gasteiger partial charge >= 0.3 is 6.09 Å². The van der Waals surface area contributed by atoms with Gasteiger partial charge in [-0.05, 0) is 24.5 Å². The van der Waals surface area contributed by atoms with Crippen LogP contribution in [0, 0.1) is 0 Å². The van der Waals surface area contributed by atoms with Crippen molar-refractivity contribution in [3.8, 4) is 0 Å². The fraction of sp³-hybridized carbons (Fsp3) is 0.312. The molecule has 0 radical (unpaired) electrons. The molecule has 2 aromatic rings. The van der Waals surface area contributed by atoms with E-state index in [1.807, 2.05) is 30.3 Å². The highest BCUT2D eigenvalue weighted by Gasteiger charge is 2.03. The van der Waals surface area contributed by atoms with Gasteiger partial charge in [0.1, 0.15) is 0 Å². The molecular formula is C16H19N3O3. The number of aromatic nitrogens is 2. The van der Waals surface area contributed by atoms with Gasteiger partial charge in [-0.3, -0.25) is 4.79 Å². The Labute approximate surface area is 128 Å². The number of nitrogens with zero attached hydrogens (tertiary/aromatic N) is 2. The third-order valence-corrected chi connectivity index (χ3v) is 3.06. The lowest BCUT2D eigenvalue weighted by Gasteiger charge is -2.07. The van der Waals surface area contributed by atoms with Crippen molar-refractivity contribution < 1.29 is 9.53 Å². The first-order chi connectivity index (χ1) is 10.7. The van der Waals surface area contributed by atoms with E-state index in [-0.39, 0.29) is 5.56 Å². The molecule has 0 bridgehead atoms. The highest BCUT2D eigenvalue weighted by molar-refractivity contribution is 5.67. The number of carbonyl (C=O) groups is 1. The first-order valence-electron chi connectivity index (χ1n) is 7.19. The van der Waals surface area contributed by atoms with Crippen LogP contribution in [-0.2, 0) is 17.7 Å². The van der Waals surface area contributed by atoms with Crippen molar-refractivity contribution in [2.45, 2.75) is 19.9 Å². The number of amides is 1. The van der Waals surface area contributed by atoms with Crippen molar-refractivity contribution in [3.05, 3.63) is 64.1 Å². The topological polar surface area (TPSA) is 73.2 Å². The lowest BCUT2D eigenvalue weighted by atomic mass is 10.2. The Morgan fingerprint density at radius 2 is 2.05 bits per heavy atom. The van der Waals surface area contributed by atoms with Gasteiger partial charge in [0.05, 0.1) is 19.3 Å². The quantitative estimate of drug-likeness (QED) is 0.879. The van der Waals surface area contributed by atoms with Gasteiger partial charge in [-0.1, -0.05) is 30.3 Å². The lowest BCUT2D eigenvalue weighted by Crippen LogP contribution is -2.27. The number of alkyl carbamates (subject to hydrolysis) is 1. The van der Waals surface area contributed by atoms with E-state index in [1.54, 1.807) is 19.2 Å². The molecule has 0 atom stereocenters. The van der Waals surface area contributed by atoms with Gasteiger partial charge in [0.2, 0.25) is 0 Å². The number of nitrogens with one attached hydrogen (secondary N) is 1. The Hall–Kier alpha value is -2.63. The molecule has 6 heteroatoms. The fourth-order valence-electron chi connectivity index (χ4n) is 1.97. The Bertz CT molecular complexity index is 668. The summed E-state index contributed by atoms with van der Waals surface area (Å²) >= 11 is 0. The zero-order valence-electron chi connectivity index (χ0n) is 12.5. The summed E-state index contributed by atoms with van der Waals surface area (Å²) in [5.41, 5.74) is 1.65. The number of hydrogen-bond donors (Lipinski definition) is 1. The van der Waals surface area contributed by atoms with Crippen molar-refractivity contribution in [2.24, 2.45) is 0 Å². The summed E-state index contributed by atoms with van der Waals surface area (Å²) in [6.45, 7) is 2.93. The normalized spacial score (nSPS) is 10.2. The van der Waals surface area contributed by atoms with Gasteiger partial charge < -0.3 is 10.1 Å². The summed E-state index contributed by atoms with van der Waals surface area (Å²) in [7, 11) is 0. The third kappa shape index (κ3) is 4.73. The number of benzene rings is 1. The second-order valence-corrected chi connectivity index (χ2v) is 4.74. The molecule has 116 valence electrons. The maximum Gasteiger partial charge on any atom is 0.407 e. The van der Waals surface area contributed by atoms with E-state index >= 15 is 0 Å². The minimum absolute atomic E-state index is 0.155. The Morgan fingerprint density at radius 1 is 1.27 bits per heavy atom. The van der Waals surface area contributed by atoms with Crippen molar-refractivity contribution >= 4 is 6.09 Å². The first kappa shape index (κ1) is 15.8. The van der Waals surface area contributed by atoms with Crippen LogP contribution in [0.4, 0.5) is 4.79 Å². The summed E-state index contributed by atoms with van der Waals surface area (Å²) in [4.78, 5) is 23.2. The van der Waals surface area contributed by atoms with E-state index in [0.717, 1.165) is 11.1 Å². The molecule has 0 aliphatic carbocycles. The summed E-state index contributed by atoms with van der Waals surface area (Å²) in [5.74, 6) is 0. The summed E-state index contributed by atoms with van der Waals surface area (Å²) in [6.07, 6.45) is 1.73. The molecule has 0 aliphatic rings. The second-order valence-electron chi connectivity index (χ2n) is 4.74. The van der Waals surface area contributed by atoms with Crippen LogP contribution in [0.3, 0.4) is 0 Å². The maximum absolute atomic E-state index is 12.0. The molecule has 0 fully saturated rings. The van der Waals surface area contributed by atoms with Crippen LogP contribution in [0.15, 0.2) is 47.4 Å². The predicted molar refractivity (Wildman–Crippen MR) is 82.8 cm³/mol. The molecule has 22 heavy (non-hydrogen) atoms. The van der Waals surface area contributed by atoms with E-state index in [1.165, 1.54) is 4.68 Å². The molecule has 1 aromatic heterocycles. The summed E-state index contributed by atoms with van der Waals surface area (Å²) in [5, 5.41) is 6.78. The lowest BCUT2D eigenvalue weighted by molar-refractivity contribution is 0.152. The predicted octanol–water partition coefficient (Wildman–Crippen LogP) is 1.58. The largest absolute Gasteiger partial charge is 0.450 e. The van der Waals surface area contributed by atoms with E-state index < -0.39 is 6.09 Å². The van der Waals surface area contributed by atoms with Crippen LogP contribution < -0.4 is 10.9 Å². The van der Waals surface area contributed by atoms with Gasteiger partial charge in [-0.2, -0.15) is 5.10 Å². The van der Waals surface area contributed by atoms with Crippen molar-refractivity contribution in [1.29, 1.82) is 0 Å². The first-order valence-corrected chi connectivity index (χ1v) is 7.19. The molecule has 0 unspecified atom stereocenters. The zero-order chi connectivity index (χ0) is 15.8. The SMILES string of the molecule is CCOC(=O)NCCc1cnn(Cc2ccccc2)c(=O)c1. The third-order valence-electron chi connectivity index (χ3n) is 3.06. The molecule has 1 amide bonds. The van der Waals surface area contributed by atoms with Crippen molar-refractivity contribution in [2.75, 3.05) is 13.2 Å². The highest BCUT2D eigenvalue weighted by atomic mass is 16.5. The molecule has 0 spiro atoms. The van der Waals surface area contributed by atoms with Gasteiger partial charge in [-0.15, -0.1) is 0 Å². The van der Waals surface area contributed by atoms with Crippen LogP contribution in [0.25, 0.3) is 0 Å². The number of carbonyl (C=O) groups excluding carboxylic acids is 1. The average Bonchev–Trinajstić information content (AvgIpc) is 2.51. The minimum Gasteiger partial charge on any atom is -0.450 e. The maximum atomic E-state index is 12.0. The van der Waals surface area contributed by atoms with Gasteiger partial charge in [0, 0.05) is 12.6 Å². The van der Waals surface area contributed by atoms with Crippen LogP contribution >= 0.6 is 0 Å². The molecule has 0 saturated heterocycles. The van der Waals surface area contributed by atoms with Crippen LogP contribution in [-0.4, -0.2) is 29.0 Å². The van der Waals surface area contributed by atoms with Gasteiger partial charge in [0.25, 0.3) is 5.56 Å². The van der Waals surface area contributed by atoms with E-state index in [0.29, 0.717) is 26.1 Å². The molecule has 0 saturated carbocycles. The summed E-state index contributed by atoms with van der Waals surface area (Å²) < 4.78 is 6.17. The molecule has 6 nitrogen and oxygen atoms in total.